The Morgan fingerprint density at radius 3 is 2.33 bits per heavy atom. The normalized spacial score (nSPS) is 28.2. The highest BCUT2D eigenvalue weighted by molar-refractivity contribution is 4.90. The van der Waals surface area contributed by atoms with Crippen molar-refractivity contribution in [3.05, 3.63) is 0 Å². The molecular formula is C16H32N2. The number of nitrogens with one attached hydrogen (secondary N) is 1. The van der Waals surface area contributed by atoms with Crippen LogP contribution in [0.3, 0.4) is 0 Å². The molecule has 0 bridgehead atoms. The first-order chi connectivity index (χ1) is 8.55. The summed E-state index contributed by atoms with van der Waals surface area (Å²) in [5.41, 5.74) is 1.11. The van der Waals surface area contributed by atoms with Crippen LogP contribution in [0.25, 0.3) is 0 Å². The number of hydrogen-bond acceptors (Lipinski definition) is 2. The van der Waals surface area contributed by atoms with Gasteiger partial charge >= 0.3 is 0 Å². The van der Waals surface area contributed by atoms with E-state index in [1.807, 2.05) is 0 Å². The predicted molar refractivity (Wildman–Crippen MR) is 78.9 cm³/mol. The lowest BCUT2D eigenvalue weighted by molar-refractivity contribution is 0.0498. The molecule has 2 rings (SSSR count). The highest BCUT2D eigenvalue weighted by Gasteiger charge is 2.36. The van der Waals surface area contributed by atoms with Crippen molar-refractivity contribution in [2.24, 2.45) is 10.8 Å². The molecule has 0 unspecified atom stereocenters. The van der Waals surface area contributed by atoms with Crippen molar-refractivity contribution in [1.29, 1.82) is 0 Å². The molecule has 2 heteroatoms. The minimum absolute atomic E-state index is 0.535. The van der Waals surface area contributed by atoms with Gasteiger partial charge in [0.1, 0.15) is 0 Å². The highest BCUT2D eigenvalue weighted by atomic mass is 15.1. The molecule has 1 aliphatic heterocycles. The maximum absolute atomic E-state index is 3.46. The van der Waals surface area contributed by atoms with E-state index in [0.717, 1.165) is 0 Å². The monoisotopic (exact) mass is 252 g/mol. The fourth-order valence-electron chi connectivity index (χ4n) is 4.22. The molecule has 0 aromatic heterocycles. The van der Waals surface area contributed by atoms with Gasteiger partial charge in [0.15, 0.2) is 0 Å². The van der Waals surface area contributed by atoms with Crippen LogP contribution in [0.2, 0.25) is 0 Å². The SMILES string of the molecule is CNCC1(CN2CCCC(C)(C)C2)CCCCC1. The Kier molecular flexibility index (Phi) is 4.71. The Morgan fingerprint density at radius 1 is 1.00 bits per heavy atom. The van der Waals surface area contributed by atoms with Crippen molar-refractivity contribution >= 4 is 0 Å². The molecule has 0 aromatic rings. The second kappa shape index (κ2) is 5.92. The fourth-order valence-corrected chi connectivity index (χ4v) is 4.22. The molecule has 0 amide bonds. The zero-order chi connectivity index (χ0) is 13.1. The molecule has 1 saturated carbocycles. The van der Waals surface area contributed by atoms with Crippen LogP contribution in [0, 0.1) is 10.8 Å². The summed E-state index contributed by atoms with van der Waals surface area (Å²) in [7, 11) is 2.12. The van der Waals surface area contributed by atoms with Crippen molar-refractivity contribution in [2.75, 3.05) is 33.2 Å². The van der Waals surface area contributed by atoms with Gasteiger partial charge in [-0.15, -0.1) is 0 Å². The maximum atomic E-state index is 3.46. The Morgan fingerprint density at radius 2 is 1.72 bits per heavy atom. The van der Waals surface area contributed by atoms with E-state index in [4.69, 9.17) is 0 Å². The zero-order valence-electron chi connectivity index (χ0n) is 12.7. The first-order valence-electron chi connectivity index (χ1n) is 7.92. The maximum Gasteiger partial charge on any atom is 0.00504 e. The van der Waals surface area contributed by atoms with Crippen LogP contribution >= 0.6 is 0 Å². The van der Waals surface area contributed by atoms with Gasteiger partial charge in [-0.3, -0.25) is 0 Å². The van der Waals surface area contributed by atoms with E-state index >= 15 is 0 Å². The van der Waals surface area contributed by atoms with E-state index < -0.39 is 0 Å². The van der Waals surface area contributed by atoms with Crippen LogP contribution < -0.4 is 5.32 Å². The van der Waals surface area contributed by atoms with Crippen molar-refractivity contribution in [1.82, 2.24) is 10.2 Å². The van der Waals surface area contributed by atoms with Crippen LogP contribution in [-0.2, 0) is 0 Å². The molecule has 2 nitrogen and oxygen atoms in total. The number of rotatable bonds is 4. The third kappa shape index (κ3) is 3.71. The lowest BCUT2D eigenvalue weighted by Crippen LogP contribution is -2.49. The summed E-state index contributed by atoms with van der Waals surface area (Å²) in [6.45, 7) is 10.0. The standard InChI is InChI=1S/C16H32N2/c1-15(2)8-7-11-18(13-15)14-16(12-17-3)9-5-4-6-10-16/h17H,4-14H2,1-3H3. The minimum atomic E-state index is 0.535. The van der Waals surface area contributed by atoms with Crippen LogP contribution in [0.5, 0.6) is 0 Å². The van der Waals surface area contributed by atoms with E-state index in [0.29, 0.717) is 10.8 Å². The third-order valence-corrected chi connectivity index (χ3v) is 5.00. The molecular weight excluding hydrogens is 220 g/mol. The molecule has 2 aliphatic rings. The molecule has 2 fully saturated rings. The molecule has 18 heavy (non-hydrogen) atoms. The average molecular weight is 252 g/mol. The largest absolute Gasteiger partial charge is 0.319 e. The summed E-state index contributed by atoms with van der Waals surface area (Å²) < 4.78 is 0. The summed E-state index contributed by atoms with van der Waals surface area (Å²) >= 11 is 0. The fraction of sp³-hybridized carbons (Fsp3) is 1.00. The van der Waals surface area contributed by atoms with Crippen LogP contribution in [0.15, 0.2) is 0 Å². The molecule has 0 atom stereocenters. The Hall–Kier alpha value is -0.0800. The summed E-state index contributed by atoms with van der Waals surface area (Å²) in [5, 5.41) is 3.46. The van der Waals surface area contributed by atoms with Gasteiger partial charge in [0.25, 0.3) is 0 Å². The number of piperidine rings is 1. The van der Waals surface area contributed by atoms with E-state index in [-0.39, 0.29) is 0 Å². The molecule has 0 spiro atoms. The summed E-state index contributed by atoms with van der Waals surface area (Å²) in [6.07, 6.45) is 10.0. The Bertz CT molecular complexity index is 248. The van der Waals surface area contributed by atoms with Gasteiger partial charge in [-0.2, -0.15) is 0 Å². The quantitative estimate of drug-likeness (QED) is 0.826. The minimum Gasteiger partial charge on any atom is -0.319 e. The van der Waals surface area contributed by atoms with Gasteiger partial charge in [-0.1, -0.05) is 33.1 Å². The summed E-state index contributed by atoms with van der Waals surface area (Å²) in [6, 6.07) is 0. The van der Waals surface area contributed by atoms with E-state index in [1.54, 1.807) is 0 Å². The third-order valence-electron chi connectivity index (χ3n) is 5.00. The van der Waals surface area contributed by atoms with Gasteiger partial charge in [0.05, 0.1) is 0 Å². The van der Waals surface area contributed by atoms with E-state index in [9.17, 15) is 0 Å². The second-order valence-corrected chi connectivity index (χ2v) is 7.57. The summed E-state index contributed by atoms with van der Waals surface area (Å²) in [5.74, 6) is 0. The molecule has 0 aromatic carbocycles. The van der Waals surface area contributed by atoms with Gasteiger partial charge in [-0.25, -0.2) is 0 Å². The number of likely N-dealkylation sites (tertiary alicyclic amines) is 1. The van der Waals surface area contributed by atoms with Gasteiger partial charge in [-0.05, 0) is 50.1 Å². The van der Waals surface area contributed by atoms with Crippen molar-refractivity contribution in [2.45, 2.75) is 58.8 Å². The molecule has 1 N–H and O–H groups in total. The lowest BCUT2D eigenvalue weighted by Gasteiger charge is -2.45. The summed E-state index contributed by atoms with van der Waals surface area (Å²) in [4.78, 5) is 2.76. The zero-order valence-corrected chi connectivity index (χ0v) is 12.7. The molecule has 1 heterocycles. The highest BCUT2D eigenvalue weighted by Crippen LogP contribution is 2.38. The average Bonchev–Trinajstić information content (AvgIpc) is 2.29. The molecule has 1 aliphatic carbocycles. The number of nitrogens with zero attached hydrogens (tertiary/aromatic N) is 1. The second-order valence-electron chi connectivity index (χ2n) is 7.57. The number of hydrogen-bond donors (Lipinski definition) is 1. The van der Waals surface area contributed by atoms with Crippen LogP contribution in [-0.4, -0.2) is 38.1 Å². The topological polar surface area (TPSA) is 15.3 Å². The predicted octanol–water partition coefficient (Wildman–Crippen LogP) is 3.28. The van der Waals surface area contributed by atoms with Gasteiger partial charge in [0.2, 0.25) is 0 Å². The smallest absolute Gasteiger partial charge is 0.00504 e. The first-order valence-corrected chi connectivity index (χ1v) is 7.92. The van der Waals surface area contributed by atoms with Crippen LogP contribution in [0.4, 0.5) is 0 Å². The lowest BCUT2D eigenvalue weighted by atomic mass is 9.72. The van der Waals surface area contributed by atoms with Gasteiger partial charge in [0, 0.05) is 19.6 Å². The van der Waals surface area contributed by atoms with Crippen molar-refractivity contribution in [3.8, 4) is 0 Å². The van der Waals surface area contributed by atoms with Crippen molar-refractivity contribution < 1.29 is 0 Å². The first kappa shape index (κ1) is 14.3. The van der Waals surface area contributed by atoms with Crippen molar-refractivity contribution in [3.63, 3.8) is 0 Å². The van der Waals surface area contributed by atoms with E-state index in [1.165, 1.54) is 71.1 Å². The molecule has 1 saturated heterocycles. The van der Waals surface area contributed by atoms with Gasteiger partial charge < -0.3 is 10.2 Å². The Labute approximate surface area is 114 Å². The Balaban J connectivity index is 1.95. The molecule has 106 valence electrons. The van der Waals surface area contributed by atoms with Crippen LogP contribution in [0.1, 0.15) is 58.8 Å². The van der Waals surface area contributed by atoms with E-state index in [2.05, 4.69) is 31.1 Å². The molecule has 0 radical (unpaired) electrons.